The molecule has 1 saturated heterocycles. The van der Waals surface area contributed by atoms with E-state index >= 15 is 0 Å². The molecule has 0 radical (unpaired) electrons. The van der Waals surface area contributed by atoms with Gasteiger partial charge in [0.1, 0.15) is 0 Å². The number of benzene rings is 1. The molecule has 21 heavy (non-hydrogen) atoms. The second kappa shape index (κ2) is 8.92. The zero-order valence-corrected chi connectivity index (χ0v) is 15.0. The quantitative estimate of drug-likeness (QED) is 0.770. The van der Waals surface area contributed by atoms with E-state index in [0.29, 0.717) is 6.04 Å². The lowest BCUT2D eigenvalue weighted by atomic mass is 9.92. The monoisotopic (exact) mass is 352 g/mol. The maximum absolute atomic E-state index is 3.51. The number of piperidine rings is 1. The molecular formula is C18H29BrN2. The summed E-state index contributed by atoms with van der Waals surface area (Å²) >= 11 is 3.51. The van der Waals surface area contributed by atoms with Gasteiger partial charge in [-0.1, -0.05) is 47.8 Å². The van der Waals surface area contributed by atoms with E-state index in [9.17, 15) is 0 Å². The van der Waals surface area contributed by atoms with E-state index in [1.807, 2.05) is 0 Å². The molecule has 2 rings (SSSR count). The van der Waals surface area contributed by atoms with Gasteiger partial charge in [-0.25, -0.2) is 0 Å². The van der Waals surface area contributed by atoms with Crippen LogP contribution in [0.2, 0.25) is 0 Å². The van der Waals surface area contributed by atoms with Gasteiger partial charge in [0, 0.05) is 10.5 Å². The van der Waals surface area contributed by atoms with Crippen molar-refractivity contribution in [1.29, 1.82) is 0 Å². The summed E-state index contributed by atoms with van der Waals surface area (Å²) in [7, 11) is 2.07. The van der Waals surface area contributed by atoms with Crippen LogP contribution in [0.1, 0.15) is 50.6 Å². The molecule has 0 aliphatic carbocycles. The molecule has 1 atom stereocenters. The Morgan fingerprint density at radius 1 is 1.24 bits per heavy atom. The molecule has 1 aromatic rings. The molecule has 2 nitrogen and oxygen atoms in total. The summed E-state index contributed by atoms with van der Waals surface area (Å²) in [5, 5.41) is 3.46. The Labute approximate surface area is 138 Å². The Morgan fingerprint density at radius 3 is 2.48 bits per heavy atom. The van der Waals surface area contributed by atoms with Gasteiger partial charge in [-0.3, -0.25) is 0 Å². The van der Waals surface area contributed by atoms with E-state index in [1.165, 1.54) is 57.3 Å². The predicted octanol–water partition coefficient (Wildman–Crippen LogP) is 4.61. The molecule has 118 valence electrons. The first-order valence-corrected chi connectivity index (χ1v) is 9.17. The first kappa shape index (κ1) is 17.0. The fourth-order valence-electron chi connectivity index (χ4n) is 3.39. The number of nitrogens with zero attached hydrogens (tertiary/aromatic N) is 1. The molecule has 0 saturated carbocycles. The number of rotatable bonds is 7. The summed E-state index contributed by atoms with van der Waals surface area (Å²) in [4.78, 5) is 2.65. The van der Waals surface area contributed by atoms with Gasteiger partial charge in [0.2, 0.25) is 0 Å². The van der Waals surface area contributed by atoms with Crippen molar-refractivity contribution in [3.8, 4) is 0 Å². The SMILES string of the molecule is CCCC1CCN(CCC(NC)c2ccc(Br)cc2)CC1. The second-order valence-corrected chi connectivity index (χ2v) is 7.17. The van der Waals surface area contributed by atoms with Crippen molar-refractivity contribution in [2.75, 3.05) is 26.7 Å². The minimum atomic E-state index is 0.464. The van der Waals surface area contributed by atoms with E-state index in [2.05, 4.69) is 64.4 Å². The van der Waals surface area contributed by atoms with Crippen LogP contribution < -0.4 is 5.32 Å². The smallest absolute Gasteiger partial charge is 0.0329 e. The van der Waals surface area contributed by atoms with Crippen LogP contribution in [-0.2, 0) is 0 Å². The van der Waals surface area contributed by atoms with Gasteiger partial charge >= 0.3 is 0 Å². The molecule has 1 aromatic carbocycles. The van der Waals surface area contributed by atoms with Crippen molar-refractivity contribution in [2.24, 2.45) is 5.92 Å². The van der Waals surface area contributed by atoms with Crippen LogP contribution in [0, 0.1) is 5.92 Å². The van der Waals surface area contributed by atoms with Gasteiger partial charge in [0.25, 0.3) is 0 Å². The van der Waals surface area contributed by atoms with E-state index in [4.69, 9.17) is 0 Å². The molecule has 1 fully saturated rings. The van der Waals surface area contributed by atoms with Crippen molar-refractivity contribution >= 4 is 15.9 Å². The van der Waals surface area contributed by atoms with Gasteiger partial charge in [-0.05, 0) is 69.6 Å². The molecular weight excluding hydrogens is 324 g/mol. The van der Waals surface area contributed by atoms with Gasteiger partial charge in [-0.15, -0.1) is 0 Å². The number of nitrogens with one attached hydrogen (secondary N) is 1. The van der Waals surface area contributed by atoms with Gasteiger partial charge in [-0.2, -0.15) is 0 Å². The van der Waals surface area contributed by atoms with E-state index in [0.717, 1.165) is 10.4 Å². The highest BCUT2D eigenvalue weighted by Gasteiger charge is 2.19. The third-order valence-corrected chi connectivity index (χ3v) is 5.29. The van der Waals surface area contributed by atoms with E-state index in [1.54, 1.807) is 0 Å². The molecule has 3 heteroatoms. The van der Waals surface area contributed by atoms with Gasteiger partial charge < -0.3 is 10.2 Å². The van der Waals surface area contributed by atoms with Crippen LogP contribution in [0.3, 0.4) is 0 Å². The van der Waals surface area contributed by atoms with Gasteiger partial charge in [0.05, 0.1) is 0 Å². The van der Waals surface area contributed by atoms with Crippen molar-refractivity contribution < 1.29 is 0 Å². The number of hydrogen-bond acceptors (Lipinski definition) is 2. The lowest BCUT2D eigenvalue weighted by Gasteiger charge is -2.32. The molecule has 0 spiro atoms. The van der Waals surface area contributed by atoms with E-state index < -0.39 is 0 Å². The van der Waals surface area contributed by atoms with Crippen molar-refractivity contribution in [3.63, 3.8) is 0 Å². The minimum Gasteiger partial charge on any atom is -0.313 e. The zero-order valence-electron chi connectivity index (χ0n) is 13.4. The molecule has 0 bridgehead atoms. The lowest BCUT2D eigenvalue weighted by Crippen LogP contribution is -2.35. The summed E-state index contributed by atoms with van der Waals surface area (Å²) in [6, 6.07) is 9.18. The summed E-state index contributed by atoms with van der Waals surface area (Å²) in [5.41, 5.74) is 1.39. The molecule has 1 aliphatic rings. The fourth-order valence-corrected chi connectivity index (χ4v) is 3.66. The maximum atomic E-state index is 3.51. The largest absolute Gasteiger partial charge is 0.313 e. The lowest BCUT2D eigenvalue weighted by molar-refractivity contribution is 0.172. The number of hydrogen-bond donors (Lipinski definition) is 1. The first-order chi connectivity index (χ1) is 10.2. The number of likely N-dealkylation sites (tertiary alicyclic amines) is 1. The average molecular weight is 353 g/mol. The predicted molar refractivity (Wildman–Crippen MR) is 94.6 cm³/mol. The minimum absolute atomic E-state index is 0.464. The fraction of sp³-hybridized carbons (Fsp3) is 0.667. The third kappa shape index (κ3) is 5.39. The standard InChI is InChI=1S/C18H29BrN2/c1-3-4-15-9-12-21(13-10-15)14-11-18(20-2)16-5-7-17(19)8-6-16/h5-8,15,18,20H,3-4,9-14H2,1-2H3. The summed E-state index contributed by atoms with van der Waals surface area (Å²) in [6.45, 7) is 6.10. The van der Waals surface area contributed by atoms with Crippen molar-refractivity contribution in [2.45, 2.75) is 45.1 Å². The topological polar surface area (TPSA) is 15.3 Å². The first-order valence-electron chi connectivity index (χ1n) is 8.38. The van der Waals surface area contributed by atoms with Crippen LogP contribution in [0.15, 0.2) is 28.7 Å². The Morgan fingerprint density at radius 2 is 1.90 bits per heavy atom. The Balaban J connectivity index is 1.77. The molecule has 1 N–H and O–H groups in total. The van der Waals surface area contributed by atoms with Gasteiger partial charge in [0.15, 0.2) is 0 Å². The summed E-state index contributed by atoms with van der Waals surface area (Å²) < 4.78 is 1.15. The van der Waals surface area contributed by atoms with Crippen LogP contribution in [-0.4, -0.2) is 31.6 Å². The highest BCUT2D eigenvalue weighted by molar-refractivity contribution is 9.10. The van der Waals surface area contributed by atoms with Crippen LogP contribution in [0.4, 0.5) is 0 Å². The summed E-state index contributed by atoms with van der Waals surface area (Å²) in [5.74, 6) is 0.984. The molecule has 1 heterocycles. The molecule has 0 aromatic heterocycles. The highest BCUT2D eigenvalue weighted by atomic mass is 79.9. The molecule has 1 aliphatic heterocycles. The normalized spacial score (nSPS) is 18.8. The molecule has 1 unspecified atom stereocenters. The van der Waals surface area contributed by atoms with Crippen molar-refractivity contribution in [3.05, 3.63) is 34.3 Å². The highest BCUT2D eigenvalue weighted by Crippen LogP contribution is 2.24. The van der Waals surface area contributed by atoms with Crippen LogP contribution in [0.5, 0.6) is 0 Å². The molecule has 0 amide bonds. The van der Waals surface area contributed by atoms with Crippen LogP contribution in [0.25, 0.3) is 0 Å². The average Bonchev–Trinajstić information content (AvgIpc) is 2.51. The maximum Gasteiger partial charge on any atom is 0.0329 e. The Bertz CT molecular complexity index is 396. The van der Waals surface area contributed by atoms with Crippen molar-refractivity contribution in [1.82, 2.24) is 10.2 Å². The zero-order chi connectivity index (χ0) is 15.1. The second-order valence-electron chi connectivity index (χ2n) is 6.26. The number of halogens is 1. The Hall–Kier alpha value is -0.380. The van der Waals surface area contributed by atoms with Crippen LogP contribution >= 0.6 is 15.9 Å². The third-order valence-electron chi connectivity index (χ3n) is 4.76. The van der Waals surface area contributed by atoms with E-state index in [-0.39, 0.29) is 0 Å². The summed E-state index contributed by atoms with van der Waals surface area (Å²) in [6.07, 6.45) is 6.76. The Kier molecular flexibility index (Phi) is 7.21.